The summed E-state index contributed by atoms with van der Waals surface area (Å²) < 4.78 is 12.2. The van der Waals surface area contributed by atoms with Crippen molar-refractivity contribution in [3.05, 3.63) is 50.9 Å². The Bertz CT molecular complexity index is 748. The van der Waals surface area contributed by atoms with Gasteiger partial charge in [0.25, 0.3) is 5.91 Å². The summed E-state index contributed by atoms with van der Waals surface area (Å²) in [7, 11) is 1.52. The molecule has 0 atom stereocenters. The number of carbonyl (C=O) groups is 1. The molecule has 2 N–H and O–H groups in total. The van der Waals surface area contributed by atoms with Crippen molar-refractivity contribution >= 4 is 44.0 Å². The van der Waals surface area contributed by atoms with Gasteiger partial charge in [-0.2, -0.15) is 5.10 Å². The number of methoxy groups -OCH3 is 1. The second-order valence-electron chi connectivity index (χ2n) is 4.59. The van der Waals surface area contributed by atoms with Crippen LogP contribution in [0.25, 0.3) is 0 Å². The first kappa shape index (κ1) is 18.3. The summed E-state index contributed by atoms with van der Waals surface area (Å²) in [6, 6.07) is 9.93. The molecule has 0 fully saturated rings. The van der Waals surface area contributed by atoms with Crippen LogP contribution in [0, 0.1) is 0 Å². The Labute approximate surface area is 155 Å². The van der Waals surface area contributed by atoms with Gasteiger partial charge in [-0.25, -0.2) is 5.43 Å². The van der Waals surface area contributed by atoms with E-state index in [0.29, 0.717) is 16.0 Å². The topological polar surface area (TPSA) is 80.2 Å². The maximum atomic E-state index is 11.8. The lowest BCUT2D eigenvalue weighted by molar-refractivity contribution is -0.123. The van der Waals surface area contributed by atoms with E-state index in [9.17, 15) is 9.90 Å². The van der Waals surface area contributed by atoms with Crippen molar-refractivity contribution in [1.82, 2.24) is 5.43 Å². The van der Waals surface area contributed by atoms with Gasteiger partial charge in [-0.15, -0.1) is 0 Å². The molecular formula is C16H14Br2N2O4. The Kier molecular flexibility index (Phi) is 6.62. The zero-order valence-electron chi connectivity index (χ0n) is 12.6. The van der Waals surface area contributed by atoms with Gasteiger partial charge in [-0.3, -0.25) is 4.79 Å². The standard InChI is InChI=1S/C16H14Br2N2O4/c1-23-14-7-11(17)6-13(18)16(14)24-9-15(22)20-19-8-10-2-4-12(21)5-3-10/h2-8,21H,9H2,1H3,(H,20,22)/b19-8+. The monoisotopic (exact) mass is 456 g/mol. The molecule has 0 radical (unpaired) electrons. The number of benzene rings is 2. The Balaban J connectivity index is 1.91. The third kappa shape index (κ3) is 5.24. The molecular weight excluding hydrogens is 444 g/mol. The predicted octanol–water partition coefficient (Wildman–Crippen LogP) is 3.45. The van der Waals surface area contributed by atoms with Crippen molar-refractivity contribution in [3.63, 3.8) is 0 Å². The summed E-state index contributed by atoms with van der Waals surface area (Å²) in [5.74, 6) is 0.676. The highest BCUT2D eigenvalue weighted by atomic mass is 79.9. The van der Waals surface area contributed by atoms with Gasteiger partial charge in [0.1, 0.15) is 5.75 Å². The molecule has 6 nitrogen and oxygen atoms in total. The van der Waals surface area contributed by atoms with Crippen molar-refractivity contribution in [2.24, 2.45) is 5.10 Å². The second-order valence-corrected chi connectivity index (χ2v) is 6.36. The number of hydrogen-bond donors (Lipinski definition) is 2. The summed E-state index contributed by atoms with van der Waals surface area (Å²) in [6.07, 6.45) is 1.47. The molecule has 0 heterocycles. The third-order valence-electron chi connectivity index (χ3n) is 2.84. The summed E-state index contributed by atoms with van der Waals surface area (Å²) in [5.41, 5.74) is 3.10. The van der Waals surface area contributed by atoms with E-state index in [1.165, 1.54) is 25.5 Å². The number of nitrogens with one attached hydrogen (secondary N) is 1. The first-order chi connectivity index (χ1) is 11.5. The lowest BCUT2D eigenvalue weighted by Gasteiger charge is -2.12. The number of carbonyl (C=O) groups excluding carboxylic acids is 1. The molecule has 0 aliphatic rings. The SMILES string of the molecule is COc1cc(Br)cc(Br)c1OCC(=O)N/N=C/c1ccc(O)cc1. The first-order valence-electron chi connectivity index (χ1n) is 6.76. The Morgan fingerprint density at radius 1 is 1.29 bits per heavy atom. The average molecular weight is 458 g/mol. The van der Waals surface area contributed by atoms with E-state index in [1.54, 1.807) is 24.3 Å². The number of hydrogen-bond acceptors (Lipinski definition) is 5. The number of rotatable bonds is 6. The minimum absolute atomic E-state index is 0.165. The molecule has 0 saturated carbocycles. The van der Waals surface area contributed by atoms with Crippen molar-refractivity contribution in [2.45, 2.75) is 0 Å². The minimum Gasteiger partial charge on any atom is -0.508 e. The van der Waals surface area contributed by atoms with Crippen LogP contribution in [0.3, 0.4) is 0 Å². The van der Waals surface area contributed by atoms with Crippen LogP contribution < -0.4 is 14.9 Å². The quantitative estimate of drug-likeness (QED) is 0.514. The largest absolute Gasteiger partial charge is 0.508 e. The molecule has 126 valence electrons. The van der Waals surface area contributed by atoms with E-state index in [4.69, 9.17) is 9.47 Å². The number of halogens is 2. The van der Waals surface area contributed by atoms with E-state index in [2.05, 4.69) is 42.4 Å². The molecule has 0 aliphatic heterocycles. The number of ether oxygens (including phenoxy) is 2. The minimum atomic E-state index is -0.415. The van der Waals surface area contributed by atoms with Crippen LogP contribution in [0.4, 0.5) is 0 Å². The molecule has 2 rings (SSSR count). The van der Waals surface area contributed by atoms with Gasteiger partial charge in [0, 0.05) is 4.47 Å². The van der Waals surface area contributed by atoms with Crippen LogP contribution in [0.15, 0.2) is 50.4 Å². The van der Waals surface area contributed by atoms with Crippen LogP contribution in [0.5, 0.6) is 17.2 Å². The van der Waals surface area contributed by atoms with E-state index in [0.717, 1.165) is 10.0 Å². The maximum absolute atomic E-state index is 11.8. The number of phenolic OH excluding ortho intramolecular Hbond substituents is 1. The van der Waals surface area contributed by atoms with Gasteiger partial charge in [-0.1, -0.05) is 15.9 Å². The van der Waals surface area contributed by atoms with Gasteiger partial charge >= 0.3 is 0 Å². The molecule has 0 aliphatic carbocycles. The summed E-state index contributed by atoms with van der Waals surface area (Å²) in [4.78, 5) is 11.8. The lowest BCUT2D eigenvalue weighted by atomic mass is 10.2. The van der Waals surface area contributed by atoms with Gasteiger partial charge in [-0.05, 0) is 57.9 Å². The molecule has 0 saturated heterocycles. The molecule has 2 aromatic rings. The number of amides is 1. The van der Waals surface area contributed by atoms with Gasteiger partial charge in [0.15, 0.2) is 18.1 Å². The third-order valence-corrected chi connectivity index (χ3v) is 3.88. The highest BCUT2D eigenvalue weighted by Crippen LogP contribution is 2.38. The molecule has 1 amide bonds. The van der Waals surface area contributed by atoms with Gasteiger partial charge in [0.2, 0.25) is 0 Å². The smallest absolute Gasteiger partial charge is 0.277 e. The number of hydrazone groups is 1. The van der Waals surface area contributed by atoms with Crippen LogP contribution >= 0.6 is 31.9 Å². The van der Waals surface area contributed by atoms with E-state index in [-0.39, 0.29) is 12.4 Å². The van der Waals surface area contributed by atoms with E-state index in [1.807, 2.05) is 0 Å². The zero-order valence-corrected chi connectivity index (χ0v) is 15.8. The predicted molar refractivity (Wildman–Crippen MR) is 97.7 cm³/mol. The molecule has 2 aromatic carbocycles. The van der Waals surface area contributed by atoms with Crippen LogP contribution in [-0.4, -0.2) is 30.9 Å². The highest BCUT2D eigenvalue weighted by Gasteiger charge is 2.12. The van der Waals surface area contributed by atoms with Crippen molar-refractivity contribution in [1.29, 1.82) is 0 Å². The fourth-order valence-electron chi connectivity index (χ4n) is 1.74. The van der Waals surface area contributed by atoms with Crippen LogP contribution in [0.2, 0.25) is 0 Å². The normalized spacial score (nSPS) is 10.6. The number of phenols is 1. The second kappa shape index (κ2) is 8.70. The Hall–Kier alpha value is -2.06. The fraction of sp³-hybridized carbons (Fsp3) is 0.125. The molecule has 0 unspecified atom stereocenters. The molecule has 24 heavy (non-hydrogen) atoms. The fourth-order valence-corrected chi connectivity index (χ4v) is 3.04. The van der Waals surface area contributed by atoms with Crippen LogP contribution in [-0.2, 0) is 4.79 Å². The Morgan fingerprint density at radius 3 is 2.67 bits per heavy atom. The van der Waals surface area contributed by atoms with Crippen molar-refractivity contribution < 1.29 is 19.4 Å². The van der Waals surface area contributed by atoms with Gasteiger partial charge < -0.3 is 14.6 Å². The molecule has 0 bridgehead atoms. The number of aromatic hydroxyl groups is 1. The van der Waals surface area contributed by atoms with E-state index < -0.39 is 5.91 Å². The molecule has 0 spiro atoms. The summed E-state index contributed by atoms with van der Waals surface area (Å²) >= 11 is 6.71. The number of nitrogens with zero attached hydrogens (tertiary/aromatic N) is 1. The highest BCUT2D eigenvalue weighted by molar-refractivity contribution is 9.11. The summed E-state index contributed by atoms with van der Waals surface area (Å²) in [6.45, 7) is -0.219. The first-order valence-corrected chi connectivity index (χ1v) is 8.35. The molecule has 0 aromatic heterocycles. The van der Waals surface area contributed by atoms with Gasteiger partial charge in [0.05, 0.1) is 17.8 Å². The maximum Gasteiger partial charge on any atom is 0.277 e. The van der Waals surface area contributed by atoms with E-state index >= 15 is 0 Å². The summed E-state index contributed by atoms with van der Waals surface area (Å²) in [5, 5.41) is 13.0. The van der Waals surface area contributed by atoms with Crippen molar-refractivity contribution in [3.8, 4) is 17.2 Å². The van der Waals surface area contributed by atoms with Crippen molar-refractivity contribution in [2.75, 3.05) is 13.7 Å². The molecule has 8 heteroatoms. The lowest BCUT2D eigenvalue weighted by Crippen LogP contribution is -2.24. The Morgan fingerprint density at radius 2 is 2.00 bits per heavy atom. The average Bonchev–Trinajstić information content (AvgIpc) is 2.55. The van der Waals surface area contributed by atoms with Crippen LogP contribution in [0.1, 0.15) is 5.56 Å². The zero-order chi connectivity index (χ0) is 17.5.